The summed E-state index contributed by atoms with van der Waals surface area (Å²) in [7, 11) is 0. The number of nitriles is 1. The van der Waals surface area contributed by atoms with Gasteiger partial charge in [-0.2, -0.15) is 5.26 Å². The largest absolute Gasteiger partial charge is 0.425 e. The molecule has 1 saturated heterocycles. The normalized spacial score (nSPS) is 20.8. The molecule has 2 fully saturated rings. The topological polar surface area (TPSA) is 83.0 Å². The molecule has 0 radical (unpaired) electrons. The van der Waals surface area contributed by atoms with E-state index in [-0.39, 0.29) is 16.9 Å². The van der Waals surface area contributed by atoms with Gasteiger partial charge in [-0.3, -0.25) is 4.79 Å². The van der Waals surface area contributed by atoms with Gasteiger partial charge in [0.15, 0.2) is 0 Å². The van der Waals surface area contributed by atoms with Crippen LogP contribution < -0.4 is 0 Å². The van der Waals surface area contributed by atoms with Crippen molar-refractivity contribution in [3.8, 4) is 6.07 Å². The molecule has 0 N–H and O–H groups in total. The summed E-state index contributed by atoms with van der Waals surface area (Å²) in [6.45, 7) is 2.58. The van der Waals surface area contributed by atoms with E-state index in [1.807, 2.05) is 0 Å². The molecule has 8 heteroatoms. The van der Waals surface area contributed by atoms with Crippen LogP contribution >= 0.6 is 0 Å². The smallest absolute Gasteiger partial charge is 0.259 e. The van der Waals surface area contributed by atoms with E-state index >= 15 is 0 Å². The van der Waals surface area contributed by atoms with Crippen molar-refractivity contribution in [2.75, 3.05) is 13.1 Å². The van der Waals surface area contributed by atoms with Crippen LogP contribution in [0.15, 0.2) is 16.5 Å². The Kier molecular flexibility index (Phi) is 3.75. The maximum absolute atomic E-state index is 14.1. The lowest BCUT2D eigenvalue weighted by atomic mass is 9.90. The van der Waals surface area contributed by atoms with Crippen molar-refractivity contribution in [1.82, 2.24) is 15.1 Å². The maximum atomic E-state index is 14.1. The first-order chi connectivity index (χ1) is 12.4. The minimum atomic E-state index is -1.00. The quantitative estimate of drug-likeness (QED) is 0.824. The van der Waals surface area contributed by atoms with E-state index in [4.69, 9.17) is 9.68 Å². The molecule has 1 saturated carbocycles. The van der Waals surface area contributed by atoms with Crippen molar-refractivity contribution in [2.45, 2.75) is 32.1 Å². The zero-order valence-electron chi connectivity index (χ0n) is 14.1. The summed E-state index contributed by atoms with van der Waals surface area (Å²) in [4.78, 5) is 14.0. The van der Waals surface area contributed by atoms with Gasteiger partial charge in [0.2, 0.25) is 11.8 Å². The van der Waals surface area contributed by atoms with Crippen molar-refractivity contribution >= 4 is 5.91 Å². The summed E-state index contributed by atoms with van der Waals surface area (Å²) in [5.41, 5.74) is -0.707. The van der Waals surface area contributed by atoms with E-state index in [9.17, 15) is 13.6 Å². The van der Waals surface area contributed by atoms with E-state index in [1.54, 1.807) is 13.0 Å². The predicted molar refractivity (Wildman–Crippen MR) is 85.0 cm³/mol. The second-order valence-corrected chi connectivity index (χ2v) is 7.00. The predicted octanol–water partition coefficient (Wildman–Crippen LogP) is 2.94. The number of rotatable bonds is 2. The third-order valence-corrected chi connectivity index (χ3v) is 5.46. The van der Waals surface area contributed by atoms with Gasteiger partial charge in [0.25, 0.3) is 5.91 Å². The molecule has 4 rings (SSSR count). The molecule has 1 aliphatic heterocycles. The molecule has 1 aromatic carbocycles. The van der Waals surface area contributed by atoms with Gasteiger partial charge in [-0.05, 0) is 36.8 Å². The van der Waals surface area contributed by atoms with Crippen LogP contribution in [0.5, 0.6) is 0 Å². The molecule has 2 aliphatic rings. The highest BCUT2D eigenvalue weighted by Crippen LogP contribution is 2.64. The second kappa shape index (κ2) is 5.87. The number of aromatic nitrogens is 2. The Hall–Kier alpha value is -2.82. The molecule has 2 aromatic rings. The summed E-state index contributed by atoms with van der Waals surface area (Å²) in [5.74, 6) is -1.32. The van der Waals surface area contributed by atoms with Gasteiger partial charge in [-0.15, -0.1) is 10.2 Å². The summed E-state index contributed by atoms with van der Waals surface area (Å²) in [5, 5.41) is 16.7. The highest BCUT2D eigenvalue weighted by molar-refractivity contribution is 5.95. The van der Waals surface area contributed by atoms with Crippen molar-refractivity contribution in [3.63, 3.8) is 0 Å². The van der Waals surface area contributed by atoms with Gasteiger partial charge >= 0.3 is 0 Å². The molecule has 6 nitrogen and oxygen atoms in total. The molecule has 134 valence electrons. The number of halogens is 2. The standard InChI is InChI=1S/C18H16F2N4O2/c1-10-22-23-16(26-10)12-8-18(12)2-4-24(5-3-18)17(25)15-13(19)6-11(9-21)7-14(15)20/h6-7,12H,2-5,8H2,1H3. The highest BCUT2D eigenvalue weighted by atomic mass is 19.1. The Morgan fingerprint density at radius 3 is 2.50 bits per heavy atom. The molecule has 1 atom stereocenters. The second-order valence-electron chi connectivity index (χ2n) is 7.00. The number of likely N-dealkylation sites (tertiary alicyclic amines) is 1. The summed E-state index contributed by atoms with van der Waals surface area (Å²) in [6.07, 6.45) is 2.38. The molecule has 2 heterocycles. The zero-order chi connectivity index (χ0) is 18.5. The fraction of sp³-hybridized carbons (Fsp3) is 0.444. The van der Waals surface area contributed by atoms with Crippen molar-refractivity contribution < 1.29 is 18.0 Å². The van der Waals surface area contributed by atoms with E-state index in [2.05, 4.69) is 10.2 Å². The summed E-state index contributed by atoms with van der Waals surface area (Å²) < 4.78 is 33.7. The first kappa shape index (κ1) is 16.6. The minimum absolute atomic E-state index is 0.0392. The number of piperidine rings is 1. The number of hydrogen-bond donors (Lipinski definition) is 0. The third kappa shape index (κ3) is 2.64. The first-order valence-electron chi connectivity index (χ1n) is 8.42. The van der Waals surface area contributed by atoms with Crippen LogP contribution in [0.4, 0.5) is 8.78 Å². The van der Waals surface area contributed by atoms with E-state index in [1.165, 1.54) is 4.90 Å². The number of nitrogens with zero attached hydrogens (tertiary/aromatic N) is 4. The Morgan fingerprint density at radius 1 is 1.31 bits per heavy atom. The zero-order valence-corrected chi connectivity index (χ0v) is 14.1. The van der Waals surface area contributed by atoms with Gasteiger partial charge in [0.05, 0.1) is 11.6 Å². The Labute approximate surface area is 148 Å². The van der Waals surface area contributed by atoms with E-state index in [0.717, 1.165) is 31.4 Å². The molecule has 1 spiro atoms. The number of amides is 1. The molecule has 1 aliphatic carbocycles. The molecular weight excluding hydrogens is 342 g/mol. The number of carbonyl (C=O) groups excluding carboxylic acids is 1. The Balaban J connectivity index is 1.46. The molecule has 1 aromatic heterocycles. The van der Waals surface area contributed by atoms with Crippen LogP contribution in [0.25, 0.3) is 0 Å². The lowest BCUT2D eigenvalue weighted by Crippen LogP contribution is -2.40. The van der Waals surface area contributed by atoms with Gasteiger partial charge in [0.1, 0.15) is 17.2 Å². The lowest BCUT2D eigenvalue weighted by Gasteiger charge is -2.32. The van der Waals surface area contributed by atoms with E-state index in [0.29, 0.717) is 24.9 Å². The van der Waals surface area contributed by atoms with Crippen LogP contribution in [0, 0.1) is 35.3 Å². The lowest BCUT2D eigenvalue weighted by molar-refractivity contribution is 0.0663. The van der Waals surface area contributed by atoms with Crippen molar-refractivity contribution in [3.05, 3.63) is 46.7 Å². The van der Waals surface area contributed by atoms with Crippen LogP contribution in [-0.4, -0.2) is 34.1 Å². The van der Waals surface area contributed by atoms with Crippen molar-refractivity contribution in [2.24, 2.45) is 5.41 Å². The monoisotopic (exact) mass is 358 g/mol. The minimum Gasteiger partial charge on any atom is -0.425 e. The molecular formula is C18H16F2N4O2. The van der Waals surface area contributed by atoms with Crippen LogP contribution in [-0.2, 0) is 0 Å². The maximum Gasteiger partial charge on any atom is 0.259 e. The Morgan fingerprint density at radius 2 is 1.96 bits per heavy atom. The first-order valence-corrected chi connectivity index (χ1v) is 8.42. The van der Waals surface area contributed by atoms with Gasteiger partial charge in [-0.1, -0.05) is 0 Å². The molecule has 1 amide bonds. The van der Waals surface area contributed by atoms with Gasteiger partial charge in [-0.25, -0.2) is 8.78 Å². The average Bonchev–Trinajstić information content (AvgIpc) is 3.13. The average molecular weight is 358 g/mol. The fourth-order valence-corrected chi connectivity index (χ4v) is 3.86. The third-order valence-electron chi connectivity index (χ3n) is 5.46. The van der Waals surface area contributed by atoms with Gasteiger partial charge in [0, 0.05) is 25.9 Å². The van der Waals surface area contributed by atoms with Crippen molar-refractivity contribution in [1.29, 1.82) is 5.26 Å². The molecule has 26 heavy (non-hydrogen) atoms. The number of aryl methyl sites for hydroxylation is 1. The highest BCUT2D eigenvalue weighted by Gasteiger charge is 2.58. The molecule has 0 bridgehead atoms. The van der Waals surface area contributed by atoms with Crippen LogP contribution in [0.1, 0.15) is 52.9 Å². The number of hydrogen-bond acceptors (Lipinski definition) is 5. The number of carbonyl (C=O) groups is 1. The summed E-state index contributed by atoms with van der Waals surface area (Å²) in [6, 6.07) is 3.44. The number of benzene rings is 1. The van der Waals surface area contributed by atoms with Gasteiger partial charge < -0.3 is 9.32 Å². The van der Waals surface area contributed by atoms with Crippen LogP contribution in [0.2, 0.25) is 0 Å². The summed E-state index contributed by atoms with van der Waals surface area (Å²) >= 11 is 0. The molecule has 1 unspecified atom stereocenters. The van der Waals surface area contributed by atoms with Crippen LogP contribution in [0.3, 0.4) is 0 Å². The SMILES string of the molecule is Cc1nnc(C2CC23CCN(C(=O)c2c(F)cc(C#N)cc2F)CC3)o1. The fourth-order valence-electron chi connectivity index (χ4n) is 3.86. The Bertz CT molecular complexity index is 903. The van der Waals surface area contributed by atoms with E-state index < -0.39 is 23.1 Å².